The molecule has 3 aromatic heterocycles. The van der Waals surface area contributed by atoms with E-state index in [0.29, 0.717) is 24.5 Å². The van der Waals surface area contributed by atoms with Gasteiger partial charge in [0.2, 0.25) is 0 Å². The summed E-state index contributed by atoms with van der Waals surface area (Å²) in [4.78, 5) is 40.7. The van der Waals surface area contributed by atoms with Gasteiger partial charge in [-0.15, -0.1) is 0 Å². The van der Waals surface area contributed by atoms with Crippen molar-refractivity contribution in [3.8, 4) is 22.3 Å². The molecule has 5 N–H and O–H groups in total. The third-order valence-electron chi connectivity index (χ3n) is 10.6. The van der Waals surface area contributed by atoms with E-state index in [4.69, 9.17) is 9.47 Å². The van der Waals surface area contributed by atoms with E-state index in [1.807, 2.05) is 24.3 Å². The predicted molar refractivity (Wildman–Crippen MR) is 210 cm³/mol. The first-order chi connectivity index (χ1) is 26.0. The van der Waals surface area contributed by atoms with E-state index < -0.39 is 0 Å². The zero-order chi connectivity index (χ0) is 35.7. The van der Waals surface area contributed by atoms with Crippen LogP contribution in [0.1, 0.15) is 21.0 Å². The van der Waals surface area contributed by atoms with Crippen LogP contribution >= 0.6 is 0 Å². The molecule has 2 fully saturated rings. The van der Waals surface area contributed by atoms with Crippen LogP contribution in [-0.2, 0) is 9.47 Å². The highest BCUT2D eigenvalue weighted by Crippen LogP contribution is 2.34. The molecule has 2 aliphatic rings. The Balaban J connectivity index is 0.920. The number of amides is 2. The lowest BCUT2D eigenvalue weighted by Crippen LogP contribution is -2.41. The lowest BCUT2D eigenvalue weighted by molar-refractivity contribution is 0.0382. The molecule has 2 aliphatic heterocycles. The van der Waals surface area contributed by atoms with Crippen molar-refractivity contribution in [3.05, 3.63) is 96.3 Å². The highest BCUT2D eigenvalue weighted by molar-refractivity contribution is 6.10. The number of aromatic nitrogens is 3. The molecule has 0 atom stereocenters. The minimum atomic E-state index is -0.0938. The molecule has 11 nitrogen and oxygen atoms in total. The van der Waals surface area contributed by atoms with Gasteiger partial charge in [0, 0.05) is 96.0 Å². The molecule has 5 heterocycles. The second-order valence-corrected chi connectivity index (χ2v) is 14.0. The number of fused-ring (bicyclic) bond motifs is 5. The largest absolute Gasteiger partial charge is 0.379 e. The van der Waals surface area contributed by atoms with Gasteiger partial charge < -0.3 is 35.1 Å². The van der Waals surface area contributed by atoms with Gasteiger partial charge in [-0.2, -0.15) is 0 Å². The molecule has 2 amide bonds. The second-order valence-electron chi connectivity index (χ2n) is 14.0. The predicted octanol–water partition coefficient (Wildman–Crippen LogP) is 5.74. The van der Waals surface area contributed by atoms with Gasteiger partial charge in [-0.1, -0.05) is 24.3 Å². The van der Waals surface area contributed by atoms with Gasteiger partial charge >= 0.3 is 0 Å². The van der Waals surface area contributed by atoms with Crippen molar-refractivity contribution in [2.75, 3.05) is 78.8 Å². The summed E-state index contributed by atoms with van der Waals surface area (Å²) in [5.74, 6) is -0.188. The fourth-order valence-electron chi connectivity index (χ4n) is 7.62. The lowest BCUT2D eigenvalue weighted by atomic mass is 9.99. The van der Waals surface area contributed by atoms with Crippen LogP contribution in [0.25, 0.3) is 65.9 Å². The maximum atomic E-state index is 12.9. The van der Waals surface area contributed by atoms with Crippen LogP contribution in [0, 0.1) is 0 Å². The Labute approximate surface area is 306 Å². The molecular formula is C42H43N7O4. The summed E-state index contributed by atoms with van der Waals surface area (Å²) in [5.41, 5.74) is 9.52. The second kappa shape index (κ2) is 14.5. The van der Waals surface area contributed by atoms with E-state index in [-0.39, 0.29) is 11.8 Å². The van der Waals surface area contributed by atoms with Crippen LogP contribution in [0.2, 0.25) is 0 Å². The van der Waals surface area contributed by atoms with Gasteiger partial charge in [0.15, 0.2) is 0 Å². The summed E-state index contributed by atoms with van der Waals surface area (Å²) in [6, 6.07) is 29.5. The monoisotopic (exact) mass is 709 g/mol. The maximum Gasteiger partial charge on any atom is 0.267 e. The quantitative estimate of drug-likeness (QED) is 0.123. The van der Waals surface area contributed by atoms with Crippen molar-refractivity contribution in [2.45, 2.75) is 0 Å². The topological polar surface area (TPSA) is 131 Å². The number of H-pyrrole nitrogens is 3. The van der Waals surface area contributed by atoms with E-state index >= 15 is 0 Å². The Bertz CT molecular complexity index is 2280. The van der Waals surface area contributed by atoms with Crippen molar-refractivity contribution in [2.24, 2.45) is 0 Å². The fourth-order valence-corrected chi connectivity index (χ4v) is 7.62. The number of carbonyl (C=O) groups is 2. The molecule has 0 bridgehead atoms. The molecule has 0 radical (unpaired) electrons. The number of benzene rings is 4. The number of hydrogen-bond acceptors (Lipinski definition) is 6. The number of hydrogen-bond donors (Lipinski definition) is 5. The Morgan fingerprint density at radius 1 is 0.509 bits per heavy atom. The van der Waals surface area contributed by atoms with E-state index in [2.05, 4.69) is 96.0 Å². The molecule has 0 unspecified atom stereocenters. The van der Waals surface area contributed by atoms with E-state index in [1.165, 1.54) is 0 Å². The van der Waals surface area contributed by atoms with Crippen molar-refractivity contribution < 1.29 is 19.1 Å². The molecule has 4 aromatic carbocycles. The zero-order valence-electron chi connectivity index (χ0n) is 29.6. The van der Waals surface area contributed by atoms with Gasteiger partial charge in [0.05, 0.1) is 26.4 Å². The summed E-state index contributed by atoms with van der Waals surface area (Å²) in [5, 5.41) is 10.4. The average molecular weight is 710 g/mol. The zero-order valence-corrected chi connectivity index (χ0v) is 29.6. The number of nitrogens with one attached hydrogen (secondary N) is 5. The standard InChI is InChI=1S/C42H43N7O4/c50-41(43-9-11-48-13-17-52-18-14-48)39-25-31-21-27(1-5-35(31)45-39)29-3-7-37-33(23-29)34-24-30(4-8-38(34)47-37)28-2-6-36-32(22-28)26-40(46-36)42(51)44-10-12-49-15-19-53-20-16-49/h1-8,21-26,45-47H,9-20H2,(H,43,50)(H,44,51). The van der Waals surface area contributed by atoms with E-state index in [1.54, 1.807) is 0 Å². The van der Waals surface area contributed by atoms with E-state index in [0.717, 1.165) is 132 Å². The molecule has 0 aliphatic carbocycles. The first-order valence-electron chi connectivity index (χ1n) is 18.5. The summed E-state index contributed by atoms with van der Waals surface area (Å²) in [6.07, 6.45) is 0. The number of aromatic amines is 3. The highest BCUT2D eigenvalue weighted by atomic mass is 16.5. The SMILES string of the molecule is O=C(NCCN1CCOCC1)c1cc2cc(-c3ccc4[nH]c5ccc(-c6ccc7[nH]c(C(=O)NCCN8CCOCC8)cc7c6)cc5c4c3)ccc2[nH]1. The van der Waals surface area contributed by atoms with Crippen molar-refractivity contribution in [1.82, 2.24) is 35.4 Å². The van der Waals surface area contributed by atoms with Gasteiger partial charge in [0.1, 0.15) is 11.4 Å². The van der Waals surface area contributed by atoms with Crippen molar-refractivity contribution in [3.63, 3.8) is 0 Å². The highest BCUT2D eigenvalue weighted by Gasteiger charge is 2.16. The number of nitrogens with zero attached hydrogens (tertiary/aromatic N) is 2. The summed E-state index contributed by atoms with van der Waals surface area (Å²) in [7, 11) is 0. The molecular weight excluding hydrogens is 667 g/mol. The Kier molecular flexibility index (Phi) is 9.14. The normalized spacial score (nSPS) is 15.8. The molecule has 9 rings (SSSR count). The number of ether oxygens (including phenoxy) is 2. The molecule has 0 saturated carbocycles. The first-order valence-corrected chi connectivity index (χ1v) is 18.5. The first kappa shape index (κ1) is 33.4. The van der Waals surface area contributed by atoms with Crippen LogP contribution in [0.15, 0.2) is 84.9 Å². The smallest absolute Gasteiger partial charge is 0.267 e. The van der Waals surface area contributed by atoms with Crippen LogP contribution < -0.4 is 10.6 Å². The molecule has 7 aromatic rings. The van der Waals surface area contributed by atoms with Crippen molar-refractivity contribution in [1.29, 1.82) is 0 Å². The summed E-state index contributed by atoms with van der Waals surface area (Å²) in [6.45, 7) is 9.44. The van der Waals surface area contributed by atoms with Crippen LogP contribution in [0.5, 0.6) is 0 Å². The van der Waals surface area contributed by atoms with Gasteiger partial charge in [-0.25, -0.2) is 0 Å². The van der Waals surface area contributed by atoms with Crippen LogP contribution in [0.4, 0.5) is 0 Å². The molecule has 53 heavy (non-hydrogen) atoms. The third kappa shape index (κ3) is 7.04. The maximum absolute atomic E-state index is 12.9. The number of carbonyl (C=O) groups excluding carboxylic acids is 2. The minimum Gasteiger partial charge on any atom is -0.379 e. The van der Waals surface area contributed by atoms with Gasteiger partial charge in [-0.3, -0.25) is 19.4 Å². The summed E-state index contributed by atoms with van der Waals surface area (Å²) < 4.78 is 10.8. The number of rotatable bonds is 10. The molecule has 2 saturated heterocycles. The van der Waals surface area contributed by atoms with Gasteiger partial charge in [0.25, 0.3) is 11.8 Å². The minimum absolute atomic E-state index is 0.0938. The van der Waals surface area contributed by atoms with Crippen LogP contribution in [-0.4, -0.2) is 115 Å². The average Bonchev–Trinajstić information content (AvgIpc) is 3.93. The van der Waals surface area contributed by atoms with Gasteiger partial charge in [-0.05, 0) is 82.9 Å². The lowest BCUT2D eigenvalue weighted by Gasteiger charge is -2.26. The molecule has 270 valence electrons. The fraction of sp³-hybridized carbons (Fsp3) is 0.286. The Hall–Kier alpha value is -5.46. The van der Waals surface area contributed by atoms with Crippen LogP contribution in [0.3, 0.4) is 0 Å². The molecule has 0 spiro atoms. The Morgan fingerprint density at radius 3 is 1.34 bits per heavy atom. The Morgan fingerprint density at radius 2 is 0.906 bits per heavy atom. The van der Waals surface area contributed by atoms with Crippen molar-refractivity contribution >= 4 is 55.4 Å². The third-order valence-corrected chi connectivity index (χ3v) is 10.6. The summed E-state index contributed by atoms with van der Waals surface area (Å²) >= 11 is 0. The number of morpholine rings is 2. The molecule has 11 heteroatoms. The van der Waals surface area contributed by atoms with E-state index in [9.17, 15) is 9.59 Å².